The zero-order valence-corrected chi connectivity index (χ0v) is 52.6. The molecule has 23 nitrogen and oxygen atoms in total. The lowest BCUT2D eigenvalue weighted by Crippen LogP contribution is -2.28. The van der Waals surface area contributed by atoms with Gasteiger partial charge in [-0.3, -0.25) is 47.3 Å². The van der Waals surface area contributed by atoms with Crippen LogP contribution in [0, 0.1) is 34.9 Å². The van der Waals surface area contributed by atoms with Gasteiger partial charge in [0.2, 0.25) is 0 Å². The average Bonchev–Trinajstić information content (AvgIpc) is 0.788. The molecule has 7 aromatic heterocycles. The van der Waals surface area contributed by atoms with E-state index in [1.165, 1.54) is 148 Å². The van der Waals surface area contributed by atoms with E-state index < -0.39 is 69.7 Å². The summed E-state index contributed by atoms with van der Waals surface area (Å²) in [5.74, 6) is -2.44. The summed E-state index contributed by atoms with van der Waals surface area (Å²) in [6.45, 7) is 5.13. The molecule has 0 fully saturated rings. The van der Waals surface area contributed by atoms with Gasteiger partial charge < -0.3 is 26.3 Å². The maximum Gasteiger partial charge on any atom is 0.266 e. The molecule has 0 amide bonds. The van der Waals surface area contributed by atoms with Crippen molar-refractivity contribution in [3.8, 4) is 17.1 Å². The first-order valence-corrected chi connectivity index (χ1v) is 30.5. The second-order valence-corrected chi connectivity index (χ2v) is 22.6. The Balaban J connectivity index is 0.000000133. The summed E-state index contributed by atoms with van der Waals surface area (Å²) in [5.41, 5.74) is 7.40. The Morgan fingerprint density at radius 1 is 0.460 bits per heavy atom. The lowest BCUT2D eigenvalue weighted by atomic mass is 10.0. The topological polar surface area (TPSA) is 319 Å². The molecule has 6 aromatic carbocycles. The third-order valence-electron chi connectivity index (χ3n) is 15.7. The van der Waals surface area contributed by atoms with Gasteiger partial charge in [-0.05, 0) is 142 Å². The van der Waals surface area contributed by atoms with E-state index in [0.29, 0.717) is 58.0 Å². The maximum absolute atomic E-state index is 14.0. The normalized spacial score (nSPS) is 13.1. The van der Waals surface area contributed by atoms with Gasteiger partial charge in [0.1, 0.15) is 93.3 Å². The number of rotatable bonds is 10. The number of aromatic amines is 2. The van der Waals surface area contributed by atoms with Crippen molar-refractivity contribution in [2.75, 3.05) is 10.6 Å². The van der Waals surface area contributed by atoms with E-state index in [1.54, 1.807) is 51.1 Å². The van der Waals surface area contributed by atoms with Gasteiger partial charge in [0.15, 0.2) is 17.0 Å². The van der Waals surface area contributed by atoms with Crippen molar-refractivity contribution in [1.29, 1.82) is 0 Å². The molecule has 2 aliphatic carbocycles. The smallest absolute Gasteiger partial charge is 0.266 e. The van der Waals surface area contributed by atoms with Gasteiger partial charge in [-0.2, -0.15) is 0 Å². The first-order chi connectivity index (χ1) is 48.1. The lowest BCUT2D eigenvalue weighted by molar-refractivity contribution is 0.103. The van der Waals surface area contributed by atoms with Gasteiger partial charge in [-0.1, -0.05) is 30.4 Å². The van der Waals surface area contributed by atoms with Crippen LogP contribution in [0.1, 0.15) is 88.5 Å². The van der Waals surface area contributed by atoms with E-state index in [9.17, 15) is 59.9 Å². The number of nitrogens with two attached hydrogens (primary N) is 1. The molecule has 0 aliphatic heterocycles. The highest BCUT2D eigenvalue weighted by atomic mass is 19.1. The number of nitrogens with zero attached hydrogens (tertiary/aromatic N) is 11. The number of ketones is 2. The predicted octanol–water partition coefficient (Wildman–Crippen LogP) is 10.1. The zero-order valence-electron chi connectivity index (χ0n) is 52.6. The van der Waals surface area contributed by atoms with E-state index in [4.69, 9.17) is 5.73 Å². The van der Waals surface area contributed by atoms with E-state index in [-0.39, 0.29) is 89.8 Å². The van der Waals surface area contributed by atoms with Gasteiger partial charge in [-0.25, -0.2) is 66.2 Å². The molecule has 15 rings (SSSR count). The Morgan fingerprint density at radius 2 is 0.880 bits per heavy atom. The fourth-order valence-corrected chi connectivity index (χ4v) is 11.2. The minimum Gasteiger partial charge on any atom is -0.360 e. The number of H-pyrrole nitrogens is 2. The number of benzene rings is 6. The number of carbonyl (C=O) groups is 2. The number of hydrogen-bond acceptors (Lipinski definition) is 18. The number of pyridine rings is 1. The van der Waals surface area contributed by atoms with Crippen molar-refractivity contribution in [2.24, 2.45) is 5.73 Å². The van der Waals surface area contributed by atoms with Crippen molar-refractivity contribution >= 4 is 66.9 Å². The Morgan fingerprint density at radius 3 is 1.35 bits per heavy atom. The van der Waals surface area contributed by atoms with Crippen molar-refractivity contribution in [1.82, 2.24) is 63.5 Å². The number of carbonyl (C=O) groups excluding carboxylic acids is 2. The summed E-state index contributed by atoms with van der Waals surface area (Å²) in [6, 6.07) is 27.2. The fourth-order valence-electron chi connectivity index (χ4n) is 11.2. The molecule has 0 bridgehead atoms. The van der Waals surface area contributed by atoms with Crippen LogP contribution in [-0.4, -0.2) is 75.1 Å². The molecular formula is C71H52F6N16O7. The van der Waals surface area contributed by atoms with Crippen LogP contribution in [0.4, 0.5) is 38.0 Å². The first-order valence-electron chi connectivity index (χ1n) is 30.5. The molecule has 6 N–H and O–H groups in total. The SMILES string of the molecule is C[C@H](N)c1nc2ccc(F)cc2c(=O)n1-c1cccc(F)c1.C[C@H](Nc1ncnc2[nH]ccc(=O)c12)c1nc2ccc(F)cc2c(=O)n1-c1cccc(F)c1.C[C@H](Nc1ncnc2c1C(=O)C=CC2)c1nc2ccc(F)cc2c(=O)n1-c1cccc(F)c1.O=C1C=CCc2nc[nH]c(=O)c21. The minimum atomic E-state index is -0.659. The summed E-state index contributed by atoms with van der Waals surface area (Å²) < 4.78 is 86.3. The molecule has 0 saturated heterocycles. The highest BCUT2D eigenvalue weighted by Gasteiger charge is 2.26. The maximum atomic E-state index is 14.0. The third-order valence-corrected chi connectivity index (χ3v) is 15.7. The van der Waals surface area contributed by atoms with Crippen LogP contribution in [0.15, 0.2) is 207 Å². The molecule has 7 heterocycles. The van der Waals surface area contributed by atoms with E-state index >= 15 is 0 Å². The van der Waals surface area contributed by atoms with E-state index in [0.717, 1.165) is 18.2 Å². The van der Waals surface area contributed by atoms with Gasteiger partial charge in [0.05, 0.1) is 91.2 Å². The molecule has 100 heavy (non-hydrogen) atoms. The molecule has 0 radical (unpaired) electrons. The van der Waals surface area contributed by atoms with Crippen LogP contribution in [0.5, 0.6) is 0 Å². The van der Waals surface area contributed by atoms with Gasteiger partial charge in [0.25, 0.3) is 22.2 Å². The second-order valence-electron chi connectivity index (χ2n) is 22.6. The monoisotopic (exact) mass is 1350 g/mol. The largest absolute Gasteiger partial charge is 0.360 e. The lowest BCUT2D eigenvalue weighted by Gasteiger charge is -2.22. The van der Waals surface area contributed by atoms with Crippen molar-refractivity contribution in [2.45, 2.75) is 51.7 Å². The molecular weight excluding hydrogens is 1300 g/mol. The van der Waals surface area contributed by atoms with Crippen LogP contribution in [-0.2, 0) is 12.8 Å². The Bertz CT molecular complexity index is 5830. The average molecular weight is 1360 g/mol. The van der Waals surface area contributed by atoms with Crippen LogP contribution >= 0.6 is 0 Å². The Kier molecular flexibility index (Phi) is 19.0. The number of allylic oxidation sites excluding steroid dienone is 4. The molecule has 3 atom stereocenters. The van der Waals surface area contributed by atoms with Crippen molar-refractivity contribution in [3.63, 3.8) is 0 Å². The van der Waals surface area contributed by atoms with Crippen LogP contribution < -0.4 is 44.0 Å². The quantitative estimate of drug-likeness (QED) is 0.0795. The van der Waals surface area contributed by atoms with Crippen LogP contribution in [0.2, 0.25) is 0 Å². The highest BCUT2D eigenvalue weighted by molar-refractivity contribution is 6.09. The molecule has 2 aliphatic rings. The predicted molar refractivity (Wildman–Crippen MR) is 360 cm³/mol. The standard InChI is InChI=1S/C24H17F2N5O2.C23H16F2N6O2.C16H13F2N3O.C8H6N2O2/c1-13(29-22-21-19(27-12-28-22)6-3-7-20(21)32)23-30-18-9-8-15(26)11-17(18)24(33)31(23)16-5-2-4-14(25)10-16;1-12(29-21-19-18(32)7-8-26-20(19)27-11-28-21)22-30-17-6-5-14(25)10-16(17)23(33)31(22)15-4-2-3-13(24)9-15;1-9(19)15-20-14-6-5-11(18)8-13(14)16(22)21(15)12-4-2-3-10(17)7-12;11-6-3-1-2-5-7(6)8(12)10-4-9-5/h2-5,7-13H,6H2,1H3,(H,27,28,29);2-12H,1H3,(H2,26,27,28,29,32);2-9H,19H2,1H3;1,3-4H,2H2,(H,9,10,12)/t13-;12-;9-;/m000./s1. The summed E-state index contributed by atoms with van der Waals surface area (Å²) in [4.78, 5) is 126. The number of hydrogen-bond donors (Lipinski definition) is 5. The number of aromatic nitrogens is 13. The number of fused-ring (bicyclic) bond motifs is 6. The minimum absolute atomic E-state index is 0.0548. The zero-order chi connectivity index (χ0) is 70.6. The van der Waals surface area contributed by atoms with Crippen molar-refractivity contribution in [3.05, 3.63) is 309 Å². The van der Waals surface area contributed by atoms with E-state index in [1.807, 2.05) is 0 Å². The number of nitrogens with one attached hydrogen (secondary N) is 4. The molecule has 0 spiro atoms. The summed E-state index contributed by atoms with van der Waals surface area (Å²) in [6.07, 6.45) is 12.8. The molecule has 0 saturated carbocycles. The van der Waals surface area contributed by atoms with Crippen LogP contribution in [0.3, 0.4) is 0 Å². The molecule has 0 unspecified atom stereocenters. The highest BCUT2D eigenvalue weighted by Crippen LogP contribution is 2.29. The van der Waals surface area contributed by atoms with Crippen LogP contribution in [0.25, 0.3) is 60.8 Å². The summed E-state index contributed by atoms with van der Waals surface area (Å²) >= 11 is 0. The molecule has 500 valence electrons. The third kappa shape index (κ3) is 13.8. The van der Waals surface area contributed by atoms with Gasteiger partial charge >= 0.3 is 0 Å². The summed E-state index contributed by atoms with van der Waals surface area (Å²) in [5, 5.41) is 6.74. The Labute approximate surface area is 558 Å². The number of halogens is 6. The number of anilines is 2. The fraction of sp³-hybridized carbons (Fsp3) is 0.113. The first kappa shape index (κ1) is 67.0. The van der Waals surface area contributed by atoms with Crippen molar-refractivity contribution < 1.29 is 35.9 Å². The Hall–Kier alpha value is -13.1. The second kappa shape index (κ2) is 28.3. The van der Waals surface area contributed by atoms with Gasteiger partial charge in [-0.15, -0.1) is 0 Å². The van der Waals surface area contributed by atoms with E-state index in [2.05, 4.69) is 60.5 Å². The molecule has 29 heteroatoms. The molecule has 13 aromatic rings. The van der Waals surface area contributed by atoms with Gasteiger partial charge in [0, 0.05) is 25.1 Å². The summed E-state index contributed by atoms with van der Waals surface area (Å²) in [7, 11) is 0.